The molecule has 1 N–H and O–H groups in total. The number of amides is 1. The van der Waals surface area contributed by atoms with Crippen LogP contribution in [0.25, 0.3) is 0 Å². The molecule has 0 radical (unpaired) electrons. The van der Waals surface area contributed by atoms with E-state index >= 15 is 0 Å². The molecule has 0 saturated heterocycles. The summed E-state index contributed by atoms with van der Waals surface area (Å²) in [4.78, 5) is 12.9. The number of carbonyl (C=O) groups excluding carboxylic acids is 1. The quantitative estimate of drug-likeness (QED) is 0.811. The average Bonchev–Trinajstić information content (AvgIpc) is 2.58. The van der Waals surface area contributed by atoms with Gasteiger partial charge in [0.15, 0.2) is 0 Å². The summed E-state index contributed by atoms with van der Waals surface area (Å²) in [5.74, 6) is 0.615. The summed E-state index contributed by atoms with van der Waals surface area (Å²) < 4.78 is 0. The molecule has 2 atom stereocenters. The Labute approximate surface area is 133 Å². The minimum Gasteiger partial charge on any atom is -0.325 e. The molecule has 0 spiro atoms. The highest BCUT2D eigenvalue weighted by atomic mass is 35.5. The molecule has 1 aromatic rings. The zero-order chi connectivity index (χ0) is 16.0. The predicted molar refractivity (Wildman–Crippen MR) is 89.8 cm³/mol. The monoisotopic (exact) mass is 307 g/mol. The summed E-state index contributed by atoms with van der Waals surface area (Å²) in [7, 11) is 0. The van der Waals surface area contributed by atoms with Gasteiger partial charge in [-0.05, 0) is 41.4 Å². The molecule has 3 heteroatoms. The molecule has 2 rings (SSSR count). The number of rotatable bonds is 3. The third kappa shape index (κ3) is 2.70. The van der Waals surface area contributed by atoms with Crippen LogP contribution in [0.3, 0.4) is 0 Å². The van der Waals surface area contributed by atoms with Gasteiger partial charge in [-0.25, -0.2) is 0 Å². The maximum absolute atomic E-state index is 12.9. The minimum atomic E-state index is -0.465. The molecule has 0 bridgehead atoms. The summed E-state index contributed by atoms with van der Waals surface area (Å²) in [5, 5.41) is 3.72. The topological polar surface area (TPSA) is 29.1 Å². The fourth-order valence-electron chi connectivity index (χ4n) is 4.04. The lowest BCUT2D eigenvalue weighted by atomic mass is 9.61. The van der Waals surface area contributed by atoms with Gasteiger partial charge in [0, 0.05) is 10.7 Å². The third-order valence-corrected chi connectivity index (χ3v) is 4.89. The molecule has 1 amide bonds. The molecule has 0 saturated carbocycles. The smallest absolute Gasteiger partial charge is 0.235 e. The number of hydrogen-bond donors (Lipinski definition) is 1. The highest BCUT2D eigenvalue weighted by Gasteiger charge is 2.53. The average molecular weight is 308 g/mol. The summed E-state index contributed by atoms with van der Waals surface area (Å²) in [6.45, 7) is 13.2. The van der Waals surface area contributed by atoms with Crippen molar-refractivity contribution in [2.75, 3.05) is 5.32 Å². The molecule has 0 aliphatic carbocycles. The van der Waals surface area contributed by atoms with E-state index in [2.05, 4.69) is 46.9 Å². The first-order valence-electron chi connectivity index (χ1n) is 7.70. The highest BCUT2D eigenvalue weighted by Crippen LogP contribution is 2.51. The molecular weight excluding hydrogens is 282 g/mol. The fraction of sp³-hybridized carbons (Fsp3) is 0.611. The van der Waals surface area contributed by atoms with Crippen molar-refractivity contribution in [1.29, 1.82) is 0 Å². The molecule has 0 aromatic heterocycles. The van der Waals surface area contributed by atoms with Gasteiger partial charge in [0.05, 0.1) is 5.41 Å². The first kappa shape index (κ1) is 16.4. The Balaban J connectivity index is 2.56. The zero-order valence-electron chi connectivity index (χ0n) is 13.9. The van der Waals surface area contributed by atoms with Crippen LogP contribution in [0.2, 0.25) is 5.02 Å². The Hall–Kier alpha value is -1.02. The van der Waals surface area contributed by atoms with Crippen LogP contribution in [0.5, 0.6) is 0 Å². The van der Waals surface area contributed by atoms with Gasteiger partial charge >= 0.3 is 0 Å². The van der Waals surface area contributed by atoms with Crippen molar-refractivity contribution in [3.63, 3.8) is 0 Å². The number of nitrogens with one attached hydrogen (secondary N) is 1. The van der Waals surface area contributed by atoms with E-state index in [4.69, 9.17) is 11.6 Å². The molecule has 1 aromatic carbocycles. The van der Waals surface area contributed by atoms with Gasteiger partial charge in [-0.2, -0.15) is 0 Å². The van der Waals surface area contributed by atoms with Crippen molar-refractivity contribution < 1.29 is 4.79 Å². The predicted octanol–water partition coefficient (Wildman–Crippen LogP) is 5.26. The van der Waals surface area contributed by atoms with Gasteiger partial charge in [0.1, 0.15) is 0 Å². The maximum atomic E-state index is 12.9. The normalized spacial score (nSPS) is 23.1. The number of halogens is 1. The largest absolute Gasteiger partial charge is 0.325 e. The van der Waals surface area contributed by atoms with E-state index in [9.17, 15) is 4.79 Å². The summed E-state index contributed by atoms with van der Waals surface area (Å²) >= 11 is 6.08. The second-order valence-corrected chi connectivity index (χ2v) is 8.27. The minimum absolute atomic E-state index is 0.117. The van der Waals surface area contributed by atoms with E-state index < -0.39 is 5.41 Å². The van der Waals surface area contributed by atoms with E-state index in [-0.39, 0.29) is 23.2 Å². The Kier molecular flexibility index (Phi) is 4.14. The third-order valence-electron chi connectivity index (χ3n) is 4.66. The molecule has 1 aliphatic heterocycles. The van der Waals surface area contributed by atoms with Crippen LogP contribution in [-0.4, -0.2) is 5.91 Å². The second-order valence-electron chi connectivity index (χ2n) is 7.83. The van der Waals surface area contributed by atoms with E-state index in [1.54, 1.807) is 0 Å². The standard InChI is InChI=1S/C18H26ClNO/c1-11(2)18(12(3)10-17(4,5)6)14-8-7-13(19)9-15(14)20-16(18)21/h7-9,11-12H,10H2,1-6H3,(H,20,21). The lowest BCUT2D eigenvalue weighted by Gasteiger charge is -2.40. The lowest BCUT2D eigenvalue weighted by molar-refractivity contribution is -0.124. The molecule has 1 aliphatic rings. The highest BCUT2D eigenvalue weighted by molar-refractivity contribution is 6.31. The van der Waals surface area contributed by atoms with Gasteiger partial charge in [-0.3, -0.25) is 4.79 Å². The number of benzene rings is 1. The van der Waals surface area contributed by atoms with Crippen molar-refractivity contribution in [1.82, 2.24) is 0 Å². The van der Waals surface area contributed by atoms with Crippen LogP contribution >= 0.6 is 11.6 Å². The first-order valence-corrected chi connectivity index (χ1v) is 8.08. The van der Waals surface area contributed by atoms with Crippen LogP contribution in [0.4, 0.5) is 5.69 Å². The van der Waals surface area contributed by atoms with E-state index in [1.807, 2.05) is 18.2 Å². The number of hydrogen-bond acceptors (Lipinski definition) is 1. The zero-order valence-corrected chi connectivity index (χ0v) is 14.6. The first-order chi connectivity index (χ1) is 9.59. The SMILES string of the molecule is CC(C)C1(C(C)CC(C)(C)C)C(=O)Nc2cc(Cl)ccc21. The van der Waals surface area contributed by atoms with Crippen molar-refractivity contribution in [3.8, 4) is 0 Å². The molecule has 116 valence electrons. The van der Waals surface area contributed by atoms with Crippen LogP contribution in [0.15, 0.2) is 18.2 Å². The van der Waals surface area contributed by atoms with Crippen LogP contribution < -0.4 is 5.32 Å². The molecular formula is C18H26ClNO. The van der Waals surface area contributed by atoms with E-state index in [1.165, 1.54) is 0 Å². The van der Waals surface area contributed by atoms with Crippen molar-refractivity contribution in [2.24, 2.45) is 17.3 Å². The van der Waals surface area contributed by atoms with E-state index in [0.29, 0.717) is 5.02 Å². The molecule has 2 nitrogen and oxygen atoms in total. The molecule has 21 heavy (non-hydrogen) atoms. The summed E-state index contributed by atoms with van der Waals surface area (Å²) in [6.07, 6.45) is 1.00. The van der Waals surface area contributed by atoms with Gasteiger partial charge in [-0.1, -0.05) is 59.2 Å². The Morgan fingerprint density at radius 1 is 1.24 bits per heavy atom. The summed E-state index contributed by atoms with van der Waals surface area (Å²) in [6, 6.07) is 5.78. The Morgan fingerprint density at radius 3 is 2.38 bits per heavy atom. The number of fused-ring (bicyclic) bond motifs is 1. The van der Waals surface area contributed by atoms with Crippen LogP contribution in [0.1, 0.15) is 53.5 Å². The Bertz CT molecular complexity index is 559. The van der Waals surface area contributed by atoms with E-state index in [0.717, 1.165) is 17.7 Å². The van der Waals surface area contributed by atoms with Crippen LogP contribution in [-0.2, 0) is 10.2 Å². The van der Waals surface area contributed by atoms with Crippen molar-refractivity contribution in [2.45, 2.75) is 53.4 Å². The van der Waals surface area contributed by atoms with Crippen molar-refractivity contribution >= 4 is 23.2 Å². The van der Waals surface area contributed by atoms with Crippen LogP contribution in [0, 0.1) is 17.3 Å². The lowest BCUT2D eigenvalue weighted by Crippen LogP contribution is -2.46. The van der Waals surface area contributed by atoms with Gasteiger partial charge in [0.25, 0.3) is 0 Å². The second kappa shape index (κ2) is 5.31. The Morgan fingerprint density at radius 2 is 1.86 bits per heavy atom. The molecule has 2 unspecified atom stereocenters. The fourth-order valence-corrected chi connectivity index (χ4v) is 4.21. The molecule has 1 heterocycles. The number of anilines is 1. The van der Waals surface area contributed by atoms with Gasteiger partial charge < -0.3 is 5.32 Å². The molecule has 0 fully saturated rings. The maximum Gasteiger partial charge on any atom is 0.235 e. The number of carbonyl (C=O) groups is 1. The van der Waals surface area contributed by atoms with Gasteiger partial charge in [-0.15, -0.1) is 0 Å². The summed E-state index contributed by atoms with van der Waals surface area (Å²) in [5.41, 5.74) is 1.70. The van der Waals surface area contributed by atoms with Gasteiger partial charge in [0.2, 0.25) is 5.91 Å². The van der Waals surface area contributed by atoms with Crippen molar-refractivity contribution in [3.05, 3.63) is 28.8 Å².